The molecule has 1 unspecified atom stereocenters. The number of benzene rings is 1. The van der Waals surface area contributed by atoms with Crippen LogP contribution < -0.4 is 5.32 Å². The zero-order valence-corrected chi connectivity index (χ0v) is 18.0. The van der Waals surface area contributed by atoms with E-state index in [9.17, 15) is 14.8 Å². The first-order valence-corrected chi connectivity index (χ1v) is 9.74. The average Bonchev–Trinajstić information content (AvgIpc) is 2.72. The topological polar surface area (TPSA) is 94.9 Å². The number of aliphatic hydroxyl groups excluding tert-OH is 1. The maximum absolute atomic E-state index is 12.1. The molecule has 0 aliphatic heterocycles. The fourth-order valence-corrected chi connectivity index (χ4v) is 3.64. The Morgan fingerprint density at radius 3 is 2.73 bits per heavy atom. The van der Waals surface area contributed by atoms with Gasteiger partial charge < -0.3 is 15.3 Å². The van der Waals surface area contributed by atoms with E-state index in [-0.39, 0.29) is 12.4 Å². The van der Waals surface area contributed by atoms with Crippen LogP contribution in [0.15, 0.2) is 59.2 Å². The molecule has 8 heteroatoms. The molecule has 1 aromatic carbocycles. The summed E-state index contributed by atoms with van der Waals surface area (Å²) >= 11 is 0. The number of aliphatic hydroxyl groups is 1. The van der Waals surface area contributed by atoms with Crippen LogP contribution in [0, 0.1) is 4.91 Å². The zero-order chi connectivity index (χ0) is 20.8. The standard InChI is InChI=1S/C22H26N4O3.ClH/c1-15(27)21(25-29)22(28)24-18-12-17-13-19(8-9-20(17)23-14-18)26(2)11-10-16-6-4-3-5-7-16;/h3-7,12,14,19,27H,8-11,13H2,1-2H3,(H,24,28);1H. The molecular formula is C22H27ClN4O3. The first kappa shape index (κ1) is 23.5. The number of anilines is 1. The van der Waals surface area contributed by atoms with Crippen molar-refractivity contribution in [1.29, 1.82) is 0 Å². The Morgan fingerprint density at radius 2 is 2.07 bits per heavy atom. The molecule has 0 fully saturated rings. The van der Waals surface area contributed by atoms with Gasteiger partial charge >= 0.3 is 0 Å². The van der Waals surface area contributed by atoms with Gasteiger partial charge in [0, 0.05) is 18.3 Å². The van der Waals surface area contributed by atoms with E-state index in [1.807, 2.05) is 12.1 Å². The van der Waals surface area contributed by atoms with Gasteiger partial charge in [-0.25, -0.2) is 0 Å². The third-order valence-corrected chi connectivity index (χ3v) is 5.36. The minimum atomic E-state index is -0.742. The van der Waals surface area contributed by atoms with Crippen molar-refractivity contribution in [3.05, 3.63) is 75.8 Å². The lowest BCUT2D eigenvalue weighted by Gasteiger charge is -2.32. The predicted octanol–water partition coefficient (Wildman–Crippen LogP) is 4.03. The molecule has 2 N–H and O–H groups in total. The van der Waals surface area contributed by atoms with Gasteiger partial charge in [-0.15, -0.1) is 17.3 Å². The van der Waals surface area contributed by atoms with E-state index >= 15 is 0 Å². The summed E-state index contributed by atoms with van der Waals surface area (Å²) < 4.78 is 0. The molecule has 7 nitrogen and oxygen atoms in total. The number of pyridine rings is 1. The SMILES string of the molecule is CC(O)=C(N=O)C(=O)Nc1cnc2c(c1)CC(N(C)CCc1ccccc1)CC2.Cl. The number of allylic oxidation sites excluding steroid dienone is 1. The number of rotatable bonds is 7. The fraction of sp³-hybridized carbons (Fsp3) is 0.364. The Hall–Kier alpha value is -2.77. The van der Waals surface area contributed by atoms with Crippen molar-refractivity contribution in [1.82, 2.24) is 9.88 Å². The number of carbonyl (C=O) groups excluding carboxylic acids is 1. The largest absolute Gasteiger partial charge is 0.510 e. The monoisotopic (exact) mass is 430 g/mol. The molecule has 1 atom stereocenters. The Bertz CT molecular complexity index is 914. The molecule has 0 saturated carbocycles. The summed E-state index contributed by atoms with van der Waals surface area (Å²) in [6.07, 6.45) is 5.36. The van der Waals surface area contributed by atoms with E-state index in [1.165, 1.54) is 12.5 Å². The lowest BCUT2D eigenvalue weighted by atomic mass is 9.90. The molecule has 0 saturated heterocycles. The number of hydrogen-bond donors (Lipinski definition) is 2. The Balaban J connectivity index is 0.00000320. The van der Waals surface area contributed by atoms with Gasteiger partial charge in [-0.05, 0) is 62.0 Å². The van der Waals surface area contributed by atoms with Crippen molar-refractivity contribution in [3.8, 4) is 0 Å². The minimum Gasteiger partial charge on any atom is -0.510 e. The van der Waals surface area contributed by atoms with Gasteiger partial charge in [-0.3, -0.25) is 9.78 Å². The number of aromatic nitrogens is 1. The maximum Gasteiger partial charge on any atom is 0.281 e. The van der Waals surface area contributed by atoms with Crippen molar-refractivity contribution >= 4 is 24.0 Å². The number of nitrogens with zero attached hydrogens (tertiary/aromatic N) is 3. The van der Waals surface area contributed by atoms with E-state index in [2.05, 4.69) is 51.7 Å². The van der Waals surface area contributed by atoms with E-state index in [0.29, 0.717) is 11.7 Å². The molecule has 30 heavy (non-hydrogen) atoms. The lowest BCUT2D eigenvalue weighted by Crippen LogP contribution is -2.38. The van der Waals surface area contributed by atoms with Gasteiger partial charge in [-0.1, -0.05) is 30.3 Å². The van der Waals surface area contributed by atoms with Crippen LogP contribution in [0.25, 0.3) is 0 Å². The fourth-order valence-electron chi connectivity index (χ4n) is 3.64. The van der Waals surface area contributed by atoms with Crippen molar-refractivity contribution < 1.29 is 9.90 Å². The second kappa shape index (κ2) is 10.8. The second-order valence-electron chi connectivity index (χ2n) is 7.42. The molecule has 0 spiro atoms. The summed E-state index contributed by atoms with van der Waals surface area (Å²) in [5.41, 5.74) is 3.42. The average molecular weight is 431 g/mol. The van der Waals surface area contributed by atoms with Crippen molar-refractivity contribution in [3.63, 3.8) is 0 Å². The molecule has 0 radical (unpaired) electrons. The van der Waals surface area contributed by atoms with Gasteiger partial charge in [0.15, 0.2) is 0 Å². The van der Waals surface area contributed by atoms with Gasteiger partial charge in [-0.2, -0.15) is 0 Å². The molecule has 1 aliphatic carbocycles. The molecule has 1 aliphatic rings. The number of fused-ring (bicyclic) bond motifs is 1. The van der Waals surface area contributed by atoms with E-state index in [1.54, 1.807) is 6.20 Å². The van der Waals surface area contributed by atoms with Gasteiger partial charge in [0.1, 0.15) is 5.76 Å². The second-order valence-corrected chi connectivity index (χ2v) is 7.42. The highest BCUT2D eigenvalue weighted by atomic mass is 35.5. The normalized spacial score (nSPS) is 16.2. The number of amides is 1. The smallest absolute Gasteiger partial charge is 0.281 e. The van der Waals surface area contributed by atoms with Crippen molar-refractivity contribution in [2.45, 2.75) is 38.6 Å². The van der Waals surface area contributed by atoms with E-state index in [0.717, 1.165) is 43.5 Å². The summed E-state index contributed by atoms with van der Waals surface area (Å²) in [5.74, 6) is -1.15. The molecule has 160 valence electrons. The molecule has 0 bridgehead atoms. The van der Waals surface area contributed by atoms with Crippen LogP contribution >= 0.6 is 12.4 Å². The van der Waals surface area contributed by atoms with Crippen molar-refractivity contribution in [2.75, 3.05) is 18.9 Å². The molecular weight excluding hydrogens is 404 g/mol. The first-order valence-electron chi connectivity index (χ1n) is 9.74. The molecule has 2 aromatic rings. The van der Waals surface area contributed by atoms with Crippen molar-refractivity contribution in [2.24, 2.45) is 5.18 Å². The van der Waals surface area contributed by atoms with Crippen LogP contribution in [0.1, 0.15) is 30.2 Å². The highest BCUT2D eigenvalue weighted by molar-refractivity contribution is 6.03. The van der Waals surface area contributed by atoms with Crippen LogP contribution in [0.2, 0.25) is 0 Å². The number of nitroso groups, excluding NO2 is 1. The first-order chi connectivity index (χ1) is 14.0. The molecule has 3 rings (SSSR count). The molecule has 1 heterocycles. The van der Waals surface area contributed by atoms with Gasteiger partial charge in [0.05, 0.1) is 11.9 Å². The number of likely N-dealkylation sites (N-methyl/N-ethyl adjacent to an activating group) is 1. The minimum absolute atomic E-state index is 0. The lowest BCUT2D eigenvalue weighted by molar-refractivity contribution is -0.113. The maximum atomic E-state index is 12.1. The Morgan fingerprint density at radius 1 is 1.33 bits per heavy atom. The number of carbonyl (C=O) groups is 1. The highest BCUT2D eigenvalue weighted by Crippen LogP contribution is 2.25. The Kier molecular flexibility index (Phi) is 8.50. The Labute approximate surface area is 182 Å². The summed E-state index contributed by atoms with van der Waals surface area (Å²) in [4.78, 5) is 29.7. The predicted molar refractivity (Wildman–Crippen MR) is 120 cm³/mol. The number of halogens is 1. The molecule has 1 amide bonds. The molecule has 1 aromatic heterocycles. The summed E-state index contributed by atoms with van der Waals surface area (Å²) in [7, 11) is 2.15. The number of nitrogens with one attached hydrogen (secondary N) is 1. The quantitative estimate of drug-likeness (QED) is 0.393. The van der Waals surface area contributed by atoms with Crippen LogP contribution in [0.5, 0.6) is 0 Å². The van der Waals surface area contributed by atoms with Crippen LogP contribution in [0.3, 0.4) is 0 Å². The van der Waals surface area contributed by atoms with Gasteiger partial charge in [0.2, 0.25) is 5.70 Å². The van der Waals surface area contributed by atoms with Crippen LogP contribution in [-0.2, 0) is 24.1 Å². The zero-order valence-electron chi connectivity index (χ0n) is 17.2. The van der Waals surface area contributed by atoms with Gasteiger partial charge in [0.25, 0.3) is 5.91 Å². The van der Waals surface area contributed by atoms with Crippen LogP contribution in [-0.4, -0.2) is 40.5 Å². The third kappa shape index (κ3) is 5.87. The number of aryl methyl sites for hydroxylation is 1. The summed E-state index contributed by atoms with van der Waals surface area (Å²) in [6, 6.07) is 12.7. The van der Waals surface area contributed by atoms with E-state index in [4.69, 9.17) is 0 Å². The summed E-state index contributed by atoms with van der Waals surface area (Å²) in [6.45, 7) is 2.22. The summed E-state index contributed by atoms with van der Waals surface area (Å²) in [5, 5.41) is 14.6. The van der Waals surface area contributed by atoms with E-state index < -0.39 is 17.4 Å². The number of hydrogen-bond acceptors (Lipinski definition) is 6. The third-order valence-electron chi connectivity index (χ3n) is 5.36. The highest BCUT2D eigenvalue weighted by Gasteiger charge is 2.23. The van der Waals surface area contributed by atoms with Crippen LogP contribution in [0.4, 0.5) is 5.69 Å².